The van der Waals surface area contributed by atoms with Crippen molar-refractivity contribution in [3.63, 3.8) is 0 Å². The van der Waals surface area contributed by atoms with Gasteiger partial charge >= 0.3 is 5.97 Å². The number of methoxy groups -OCH3 is 1. The highest BCUT2D eigenvalue weighted by Crippen LogP contribution is 2.32. The van der Waals surface area contributed by atoms with Gasteiger partial charge in [0.25, 0.3) is 0 Å². The van der Waals surface area contributed by atoms with Gasteiger partial charge in [-0.1, -0.05) is 43.4 Å². The average Bonchev–Trinajstić information content (AvgIpc) is 2.39. The summed E-state index contributed by atoms with van der Waals surface area (Å²) in [5.74, 6) is -0.286. The van der Waals surface area contributed by atoms with Gasteiger partial charge in [-0.05, 0) is 24.1 Å². The van der Waals surface area contributed by atoms with Gasteiger partial charge in [0.05, 0.1) is 12.7 Å². The lowest BCUT2D eigenvalue weighted by atomic mass is 9.77. The minimum absolute atomic E-state index is 0.0290. The van der Waals surface area contributed by atoms with Gasteiger partial charge in [-0.3, -0.25) is 0 Å². The number of carbonyl (C=O) groups excluding carboxylic acids is 1. The van der Waals surface area contributed by atoms with E-state index in [1.807, 2.05) is 24.3 Å². The van der Waals surface area contributed by atoms with Crippen molar-refractivity contribution in [1.29, 1.82) is 0 Å². The zero-order chi connectivity index (χ0) is 12.3. The summed E-state index contributed by atoms with van der Waals surface area (Å²) >= 11 is 0. The Morgan fingerprint density at radius 3 is 2.82 bits per heavy atom. The van der Waals surface area contributed by atoms with Crippen molar-refractivity contribution >= 4 is 5.97 Å². The molecule has 17 heavy (non-hydrogen) atoms. The van der Waals surface area contributed by atoms with Crippen LogP contribution >= 0.6 is 0 Å². The summed E-state index contributed by atoms with van der Waals surface area (Å²) in [7, 11) is 1.40. The molecule has 1 aliphatic carbocycles. The van der Waals surface area contributed by atoms with E-state index in [2.05, 4.69) is 25.1 Å². The van der Waals surface area contributed by atoms with E-state index in [4.69, 9.17) is 4.74 Å². The molecule has 88 valence electrons. The molecule has 1 aromatic carbocycles. The lowest BCUT2D eigenvalue weighted by Gasteiger charge is -2.27. The van der Waals surface area contributed by atoms with Crippen LogP contribution in [-0.4, -0.2) is 13.1 Å². The minimum Gasteiger partial charge on any atom is -0.465 e. The molecule has 0 N–H and O–H groups in total. The maximum atomic E-state index is 11.5. The fraction of sp³-hybridized carbons (Fsp3) is 0.267. The first kappa shape index (κ1) is 11.6. The molecule has 1 aromatic rings. The van der Waals surface area contributed by atoms with Crippen molar-refractivity contribution in [2.75, 3.05) is 7.11 Å². The second-order valence-corrected chi connectivity index (χ2v) is 4.48. The summed E-state index contributed by atoms with van der Waals surface area (Å²) in [6.07, 6.45) is 9.36. The van der Waals surface area contributed by atoms with Crippen LogP contribution in [0.5, 0.6) is 0 Å². The Bertz CT molecular complexity index is 485. The second kappa shape index (κ2) is 4.58. The van der Waals surface area contributed by atoms with E-state index in [1.165, 1.54) is 7.11 Å². The van der Waals surface area contributed by atoms with Gasteiger partial charge in [0.1, 0.15) is 0 Å². The van der Waals surface area contributed by atoms with Crippen LogP contribution in [0.3, 0.4) is 0 Å². The molecule has 0 amide bonds. The molecule has 2 nitrogen and oxygen atoms in total. The number of hydrogen-bond acceptors (Lipinski definition) is 2. The smallest absolute Gasteiger partial charge is 0.337 e. The summed E-state index contributed by atoms with van der Waals surface area (Å²) in [4.78, 5) is 11.5. The highest BCUT2D eigenvalue weighted by molar-refractivity contribution is 5.89. The first-order chi connectivity index (χ1) is 8.15. The number of ether oxygens (including phenoxy) is 1. The Hall–Kier alpha value is -1.83. The first-order valence-electron chi connectivity index (χ1n) is 5.69. The molecular weight excluding hydrogens is 212 g/mol. The second-order valence-electron chi connectivity index (χ2n) is 4.48. The lowest BCUT2D eigenvalue weighted by molar-refractivity contribution is 0.0600. The van der Waals surface area contributed by atoms with Crippen molar-refractivity contribution in [1.82, 2.24) is 0 Å². The molecule has 0 heterocycles. The van der Waals surface area contributed by atoms with Gasteiger partial charge in [0, 0.05) is 5.41 Å². The summed E-state index contributed by atoms with van der Waals surface area (Å²) in [5.41, 5.74) is 1.72. The van der Waals surface area contributed by atoms with Crippen LogP contribution in [0, 0.1) is 0 Å². The number of allylic oxidation sites excluding steroid dienone is 4. The Morgan fingerprint density at radius 2 is 2.18 bits per heavy atom. The van der Waals surface area contributed by atoms with Gasteiger partial charge in [0.15, 0.2) is 0 Å². The zero-order valence-corrected chi connectivity index (χ0v) is 10.1. The standard InChI is InChI=1S/C15H16O2/c1-15(9-4-3-5-10-15)13-8-6-7-12(11-13)14(16)17-2/h3-9,11H,10H2,1-2H3. The van der Waals surface area contributed by atoms with E-state index in [-0.39, 0.29) is 11.4 Å². The third-order valence-corrected chi connectivity index (χ3v) is 3.20. The molecule has 0 saturated carbocycles. The molecule has 0 bridgehead atoms. The summed E-state index contributed by atoms with van der Waals surface area (Å²) in [6, 6.07) is 7.64. The third kappa shape index (κ3) is 2.31. The van der Waals surface area contributed by atoms with E-state index in [0.717, 1.165) is 12.0 Å². The molecular formula is C15H16O2. The SMILES string of the molecule is COC(=O)c1cccc(C2(C)C=CC=CC2)c1. The minimum atomic E-state index is -0.286. The van der Waals surface area contributed by atoms with E-state index < -0.39 is 0 Å². The quantitative estimate of drug-likeness (QED) is 0.726. The number of rotatable bonds is 2. The van der Waals surface area contributed by atoms with E-state index in [9.17, 15) is 4.79 Å². The largest absolute Gasteiger partial charge is 0.465 e. The zero-order valence-electron chi connectivity index (χ0n) is 10.1. The van der Waals surface area contributed by atoms with Crippen LogP contribution in [-0.2, 0) is 10.2 Å². The monoisotopic (exact) mass is 228 g/mol. The molecule has 0 spiro atoms. The number of benzene rings is 1. The van der Waals surface area contributed by atoms with Crippen LogP contribution in [0.25, 0.3) is 0 Å². The Balaban J connectivity index is 2.36. The van der Waals surface area contributed by atoms with Crippen LogP contribution in [0.2, 0.25) is 0 Å². The van der Waals surface area contributed by atoms with Gasteiger partial charge < -0.3 is 4.74 Å². The van der Waals surface area contributed by atoms with Gasteiger partial charge in [-0.25, -0.2) is 4.79 Å². The molecule has 1 atom stereocenters. The van der Waals surface area contributed by atoms with Crippen LogP contribution in [0.15, 0.2) is 48.6 Å². The molecule has 0 radical (unpaired) electrons. The topological polar surface area (TPSA) is 26.3 Å². The normalized spacial score (nSPS) is 22.5. The molecule has 2 rings (SSSR count). The van der Waals surface area contributed by atoms with Crippen LogP contribution in [0.1, 0.15) is 29.3 Å². The van der Waals surface area contributed by atoms with E-state index in [0.29, 0.717) is 5.56 Å². The van der Waals surface area contributed by atoms with Crippen molar-refractivity contribution in [2.45, 2.75) is 18.8 Å². The van der Waals surface area contributed by atoms with E-state index >= 15 is 0 Å². The van der Waals surface area contributed by atoms with Crippen LogP contribution < -0.4 is 0 Å². The third-order valence-electron chi connectivity index (χ3n) is 3.20. The highest BCUT2D eigenvalue weighted by atomic mass is 16.5. The van der Waals surface area contributed by atoms with Gasteiger partial charge in [0.2, 0.25) is 0 Å². The average molecular weight is 228 g/mol. The van der Waals surface area contributed by atoms with Crippen molar-refractivity contribution in [2.24, 2.45) is 0 Å². The van der Waals surface area contributed by atoms with Gasteiger partial charge in [-0.15, -0.1) is 0 Å². The Labute approximate surface area is 102 Å². The molecule has 1 unspecified atom stereocenters. The van der Waals surface area contributed by atoms with E-state index in [1.54, 1.807) is 6.07 Å². The molecule has 0 fully saturated rings. The van der Waals surface area contributed by atoms with Crippen molar-refractivity contribution < 1.29 is 9.53 Å². The van der Waals surface area contributed by atoms with Crippen LogP contribution in [0.4, 0.5) is 0 Å². The summed E-state index contributed by atoms with van der Waals surface area (Å²) in [6.45, 7) is 2.17. The Morgan fingerprint density at radius 1 is 1.35 bits per heavy atom. The predicted molar refractivity (Wildman–Crippen MR) is 68.0 cm³/mol. The molecule has 0 aliphatic heterocycles. The number of esters is 1. The fourth-order valence-electron chi connectivity index (χ4n) is 2.06. The maximum absolute atomic E-state index is 11.5. The predicted octanol–water partition coefficient (Wildman–Crippen LogP) is 3.25. The molecule has 0 aromatic heterocycles. The number of carbonyl (C=O) groups is 1. The molecule has 0 saturated heterocycles. The van der Waals surface area contributed by atoms with Crippen molar-refractivity contribution in [3.05, 3.63) is 59.7 Å². The first-order valence-corrected chi connectivity index (χ1v) is 5.69. The Kier molecular flexibility index (Phi) is 3.14. The fourth-order valence-corrected chi connectivity index (χ4v) is 2.06. The van der Waals surface area contributed by atoms with Crippen molar-refractivity contribution in [3.8, 4) is 0 Å². The molecule has 1 aliphatic rings. The summed E-state index contributed by atoms with van der Waals surface area (Å²) < 4.78 is 4.74. The maximum Gasteiger partial charge on any atom is 0.337 e. The summed E-state index contributed by atoms with van der Waals surface area (Å²) in [5, 5.41) is 0. The van der Waals surface area contributed by atoms with Gasteiger partial charge in [-0.2, -0.15) is 0 Å². The lowest BCUT2D eigenvalue weighted by Crippen LogP contribution is -2.20. The number of hydrogen-bond donors (Lipinski definition) is 0. The molecule has 2 heteroatoms. The highest BCUT2D eigenvalue weighted by Gasteiger charge is 2.24.